The van der Waals surface area contributed by atoms with Gasteiger partial charge in [-0.3, -0.25) is 0 Å². The molecule has 1 N–H and O–H groups in total. The molecule has 1 atom stereocenters. The van der Waals surface area contributed by atoms with Gasteiger partial charge in [-0.1, -0.05) is 19.1 Å². The van der Waals surface area contributed by atoms with Crippen LogP contribution >= 0.6 is 0 Å². The minimum absolute atomic E-state index is 0.200. The highest BCUT2D eigenvalue weighted by atomic mass is 16.3. The van der Waals surface area contributed by atoms with Crippen LogP contribution in [-0.2, 0) is 0 Å². The Morgan fingerprint density at radius 2 is 2.00 bits per heavy atom. The van der Waals surface area contributed by atoms with Gasteiger partial charge in [-0.25, -0.2) is 0 Å². The number of aliphatic hydroxyl groups is 1. The van der Waals surface area contributed by atoms with Gasteiger partial charge < -0.3 is 10.0 Å². The molecule has 0 saturated heterocycles. The van der Waals surface area contributed by atoms with E-state index < -0.39 is 0 Å². The van der Waals surface area contributed by atoms with Crippen LogP contribution in [0.5, 0.6) is 0 Å². The van der Waals surface area contributed by atoms with Crippen molar-refractivity contribution in [3.05, 3.63) is 29.3 Å². The molecular weight excluding hydrogens is 174 g/mol. The molecule has 0 fully saturated rings. The second kappa shape index (κ2) is 4.47. The summed E-state index contributed by atoms with van der Waals surface area (Å²) in [5, 5.41) is 9.20. The molecule has 0 radical (unpaired) electrons. The van der Waals surface area contributed by atoms with Crippen LogP contribution in [0, 0.1) is 6.92 Å². The molecule has 2 heteroatoms. The minimum Gasteiger partial charge on any atom is -0.396 e. The van der Waals surface area contributed by atoms with E-state index in [0.29, 0.717) is 0 Å². The Morgan fingerprint density at radius 1 is 1.36 bits per heavy atom. The van der Waals surface area contributed by atoms with E-state index in [1.54, 1.807) is 0 Å². The first-order chi connectivity index (χ1) is 6.57. The van der Waals surface area contributed by atoms with Crippen molar-refractivity contribution in [2.75, 3.05) is 25.6 Å². The Kier molecular flexibility index (Phi) is 3.53. The van der Waals surface area contributed by atoms with Crippen LogP contribution < -0.4 is 4.90 Å². The minimum atomic E-state index is 0.200. The predicted molar refractivity (Wildman–Crippen MR) is 61.0 cm³/mol. The molecule has 1 unspecified atom stereocenters. The quantitative estimate of drug-likeness (QED) is 0.795. The number of hydrogen-bond donors (Lipinski definition) is 1. The zero-order chi connectivity index (χ0) is 10.7. The molecule has 2 nitrogen and oxygen atoms in total. The lowest BCUT2D eigenvalue weighted by molar-refractivity contribution is 0.273. The lowest BCUT2D eigenvalue weighted by Crippen LogP contribution is -2.14. The lowest BCUT2D eigenvalue weighted by Gasteiger charge is -2.22. The van der Waals surface area contributed by atoms with Crippen molar-refractivity contribution in [3.63, 3.8) is 0 Å². The SMILES string of the molecule is Cc1cccc(N(C)C)c1C(C)CO. The van der Waals surface area contributed by atoms with Gasteiger partial charge >= 0.3 is 0 Å². The van der Waals surface area contributed by atoms with E-state index in [4.69, 9.17) is 0 Å². The molecule has 1 aromatic carbocycles. The number of nitrogens with zero attached hydrogens (tertiary/aromatic N) is 1. The van der Waals surface area contributed by atoms with E-state index in [2.05, 4.69) is 36.9 Å². The third-order valence-electron chi connectivity index (χ3n) is 2.55. The van der Waals surface area contributed by atoms with Crippen molar-refractivity contribution in [2.24, 2.45) is 0 Å². The van der Waals surface area contributed by atoms with Crippen LogP contribution in [0.2, 0.25) is 0 Å². The average Bonchev–Trinajstić information content (AvgIpc) is 2.16. The smallest absolute Gasteiger partial charge is 0.0497 e. The normalized spacial score (nSPS) is 12.6. The number of hydrogen-bond acceptors (Lipinski definition) is 2. The van der Waals surface area contributed by atoms with Crippen molar-refractivity contribution in [2.45, 2.75) is 19.8 Å². The Labute approximate surface area is 86.2 Å². The highest BCUT2D eigenvalue weighted by Gasteiger charge is 2.13. The van der Waals surface area contributed by atoms with Gasteiger partial charge in [0.05, 0.1) is 0 Å². The van der Waals surface area contributed by atoms with Crippen LogP contribution in [0.15, 0.2) is 18.2 Å². The van der Waals surface area contributed by atoms with E-state index in [0.717, 1.165) is 0 Å². The molecule has 0 aliphatic rings. The molecule has 0 aliphatic heterocycles. The first-order valence-electron chi connectivity index (χ1n) is 4.95. The molecule has 1 aromatic rings. The fraction of sp³-hybridized carbons (Fsp3) is 0.500. The summed E-state index contributed by atoms with van der Waals surface area (Å²) in [7, 11) is 4.06. The van der Waals surface area contributed by atoms with Crippen molar-refractivity contribution in [3.8, 4) is 0 Å². The molecule has 0 spiro atoms. The summed E-state index contributed by atoms with van der Waals surface area (Å²) in [6.45, 7) is 4.34. The largest absolute Gasteiger partial charge is 0.396 e. The summed E-state index contributed by atoms with van der Waals surface area (Å²) in [6.07, 6.45) is 0. The molecule has 0 saturated carbocycles. The highest BCUT2D eigenvalue weighted by Crippen LogP contribution is 2.29. The van der Waals surface area contributed by atoms with Crippen LogP contribution in [0.1, 0.15) is 24.0 Å². The Hall–Kier alpha value is -1.02. The van der Waals surface area contributed by atoms with Crippen LogP contribution in [-0.4, -0.2) is 25.8 Å². The Bertz CT molecular complexity index is 307. The molecule has 0 aliphatic carbocycles. The van der Waals surface area contributed by atoms with Gasteiger partial charge in [0, 0.05) is 32.3 Å². The van der Waals surface area contributed by atoms with Crippen molar-refractivity contribution >= 4 is 5.69 Å². The van der Waals surface area contributed by atoms with E-state index in [1.165, 1.54) is 16.8 Å². The fourth-order valence-corrected chi connectivity index (χ4v) is 1.79. The number of anilines is 1. The highest BCUT2D eigenvalue weighted by molar-refractivity contribution is 5.57. The van der Waals surface area contributed by atoms with E-state index in [-0.39, 0.29) is 12.5 Å². The second-order valence-electron chi connectivity index (χ2n) is 3.99. The van der Waals surface area contributed by atoms with Gasteiger partial charge in [0.2, 0.25) is 0 Å². The number of aliphatic hydroxyl groups excluding tert-OH is 1. The van der Waals surface area contributed by atoms with Gasteiger partial charge in [0.1, 0.15) is 0 Å². The van der Waals surface area contributed by atoms with Crippen LogP contribution in [0.4, 0.5) is 5.69 Å². The molecule has 14 heavy (non-hydrogen) atoms. The maximum Gasteiger partial charge on any atom is 0.0497 e. The van der Waals surface area contributed by atoms with Crippen LogP contribution in [0.25, 0.3) is 0 Å². The van der Waals surface area contributed by atoms with Crippen molar-refractivity contribution in [1.82, 2.24) is 0 Å². The maximum atomic E-state index is 9.20. The Morgan fingerprint density at radius 3 is 2.50 bits per heavy atom. The zero-order valence-electron chi connectivity index (χ0n) is 9.41. The van der Waals surface area contributed by atoms with Gasteiger partial charge in [0.15, 0.2) is 0 Å². The fourth-order valence-electron chi connectivity index (χ4n) is 1.79. The summed E-state index contributed by atoms with van der Waals surface area (Å²) in [5.41, 5.74) is 3.70. The Balaban J connectivity index is 3.22. The molecule has 78 valence electrons. The summed E-state index contributed by atoms with van der Waals surface area (Å²) >= 11 is 0. The molecule has 0 amide bonds. The van der Waals surface area contributed by atoms with Crippen molar-refractivity contribution < 1.29 is 5.11 Å². The standard InChI is InChI=1S/C12H19NO/c1-9-6-5-7-11(13(3)4)12(9)10(2)8-14/h5-7,10,14H,8H2,1-4H3. The lowest BCUT2D eigenvalue weighted by atomic mass is 9.95. The monoisotopic (exact) mass is 193 g/mol. The molecule has 0 aromatic heterocycles. The third kappa shape index (κ3) is 2.07. The first-order valence-corrected chi connectivity index (χ1v) is 4.95. The summed E-state index contributed by atoms with van der Waals surface area (Å²) in [5.74, 6) is 0.202. The number of aryl methyl sites for hydroxylation is 1. The summed E-state index contributed by atoms with van der Waals surface area (Å²) < 4.78 is 0. The topological polar surface area (TPSA) is 23.5 Å². The molecule has 0 heterocycles. The third-order valence-corrected chi connectivity index (χ3v) is 2.55. The second-order valence-corrected chi connectivity index (χ2v) is 3.99. The first kappa shape index (κ1) is 11.1. The van der Waals surface area contributed by atoms with E-state index in [9.17, 15) is 5.11 Å². The summed E-state index contributed by atoms with van der Waals surface area (Å²) in [4.78, 5) is 2.09. The average molecular weight is 193 g/mol. The van der Waals surface area contributed by atoms with E-state index in [1.807, 2.05) is 14.1 Å². The van der Waals surface area contributed by atoms with Gasteiger partial charge in [-0.2, -0.15) is 0 Å². The number of rotatable bonds is 3. The maximum absolute atomic E-state index is 9.20. The summed E-state index contributed by atoms with van der Waals surface area (Å²) in [6, 6.07) is 6.24. The molecular formula is C12H19NO. The number of benzene rings is 1. The zero-order valence-corrected chi connectivity index (χ0v) is 9.41. The van der Waals surface area contributed by atoms with E-state index >= 15 is 0 Å². The molecule has 1 rings (SSSR count). The van der Waals surface area contributed by atoms with Gasteiger partial charge in [0.25, 0.3) is 0 Å². The molecule has 0 bridgehead atoms. The van der Waals surface area contributed by atoms with Gasteiger partial charge in [-0.15, -0.1) is 0 Å². The predicted octanol–water partition coefficient (Wildman–Crippen LogP) is 2.16. The van der Waals surface area contributed by atoms with Gasteiger partial charge in [-0.05, 0) is 24.1 Å². The van der Waals surface area contributed by atoms with Crippen molar-refractivity contribution in [1.29, 1.82) is 0 Å². The van der Waals surface area contributed by atoms with Crippen LogP contribution in [0.3, 0.4) is 0 Å².